The van der Waals surface area contributed by atoms with Crippen molar-refractivity contribution in [3.8, 4) is 0 Å². The zero-order valence-corrected chi connectivity index (χ0v) is 12.9. The highest BCUT2D eigenvalue weighted by molar-refractivity contribution is 6.30. The van der Waals surface area contributed by atoms with Gasteiger partial charge in [-0.15, -0.1) is 0 Å². The molecule has 0 saturated carbocycles. The number of benzene rings is 1. The summed E-state index contributed by atoms with van der Waals surface area (Å²) in [6.45, 7) is 7.58. The quantitative estimate of drug-likeness (QED) is 0.740. The molecule has 110 valence electrons. The Hall–Kier alpha value is -1.03. The van der Waals surface area contributed by atoms with Crippen LogP contribution in [0.4, 0.5) is 0 Å². The predicted octanol–water partition coefficient (Wildman–Crippen LogP) is 4.24. The highest BCUT2D eigenvalue weighted by Gasteiger charge is 2.10. The Balaban J connectivity index is 1.75. The monoisotopic (exact) mass is 295 g/mol. The number of hydrogen-bond donors (Lipinski definition) is 1. The number of halogens is 1. The van der Waals surface area contributed by atoms with Gasteiger partial charge in [0.2, 0.25) is 0 Å². The van der Waals surface area contributed by atoms with Crippen LogP contribution in [-0.2, 0) is 11.3 Å². The van der Waals surface area contributed by atoms with Crippen molar-refractivity contribution < 1.29 is 9.15 Å². The first-order valence-electron chi connectivity index (χ1n) is 7.13. The molecule has 4 heteroatoms. The summed E-state index contributed by atoms with van der Waals surface area (Å²) in [7, 11) is 0. The maximum absolute atomic E-state index is 6.13. The van der Waals surface area contributed by atoms with Crippen LogP contribution in [0.25, 0.3) is 11.0 Å². The van der Waals surface area contributed by atoms with Gasteiger partial charge in [0.25, 0.3) is 0 Å². The Labute approximate surface area is 125 Å². The summed E-state index contributed by atoms with van der Waals surface area (Å²) in [5.41, 5.74) is 1.87. The maximum Gasteiger partial charge on any atom is 0.199 e. The lowest BCUT2D eigenvalue weighted by molar-refractivity contribution is 0.108. The molecule has 0 aliphatic carbocycles. The van der Waals surface area contributed by atoms with Gasteiger partial charge in [-0.2, -0.15) is 0 Å². The lowest BCUT2D eigenvalue weighted by Gasteiger charge is -2.07. The molecule has 2 aromatic rings. The van der Waals surface area contributed by atoms with E-state index in [1.807, 2.05) is 24.3 Å². The lowest BCUT2D eigenvalue weighted by Crippen LogP contribution is -2.17. The van der Waals surface area contributed by atoms with E-state index in [0.29, 0.717) is 11.1 Å². The van der Waals surface area contributed by atoms with Crippen LogP contribution >= 0.6 is 11.6 Å². The summed E-state index contributed by atoms with van der Waals surface area (Å²) in [5, 5.41) is 4.95. The van der Waals surface area contributed by atoms with Gasteiger partial charge < -0.3 is 14.5 Å². The van der Waals surface area contributed by atoms with Crippen molar-refractivity contribution in [1.82, 2.24) is 5.32 Å². The normalized spacial score (nSPS) is 11.6. The molecular formula is C16H22ClNO2. The number of nitrogens with one attached hydrogen (secondary N) is 1. The van der Waals surface area contributed by atoms with E-state index < -0.39 is 0 Å². The molecular weight excluding hydrogens is 274 g/mol. The first-order valence-corrected chi connectivity index (χ1v) is 7.50. The van der Waals surface area contributed by atoms with Crippen molar-refractivity contribution in [2.75, 3.05) is 19.8 Å². The van der Waals surface area contributed by atoms with Gasteiger partial charge in [0, 0.05) is 30.7 Å². The van der Waals surface area contributed by atoms with E-state index in [4.69, 9.17) is 20.8 Å². The van der Waals surface area contributed by atoms with Crippen molar-refractivity contribution in [3.05, 3.63) is 35.0 Å². The Bertz CT molecular complexity index is 536. The van der Waals surface area contributed by atoms with Gasteiger partial charge in [-0.05, 0) is 36.6 Å². The molecule has 1 aromatic heterocycles. The number of fused-ring (bicyclic) bond motifs is 1. The van der Waals surface area contributed by atoms with E-state index in [1.165, 1.54) is 0 Å². The zero-order chi connectivity index (χ0) is 14.4. The van der Waals surface area contributed by atoms with Gasteiger partial charge in [0.1, 0.15) is 5.58 Å². The van der Waals surface area contributed by atoms with E-state index in [-0.39, 0.29) is 0 Å². The number of para-hydroxylation sites is 1. The van der Waals surface area contributed by atoms with Gasteiger partial charge in [-0.25, -0.2) is 0 Å². The van der Waals surface area contributed by atoms with Crippen molar-refractivity contribution in [3.63, 3.8) is 0 Å². The second kappa shape index (κ2) is 7.67. The smallest absolute Gasteiger partial charge is 0.199 e. The predicted molar refractivity (Wildman–Crippen MR) is 83.2 cm³/mol. The van der Waals surface area contributed by atoms with Gasteiger partial charge in [-0.1, -0.05) is 32.0 Å². The van der Waals surface area contributed by atoms with Crippen molar-refractivity contribution >= 4 is 22.6 Å². The third kappa shape index (κ3) is 4.23. The van der Waals surface area contributed by atoms with Crippen LogP contribution < -0.4 is 5.32 Å². The fourth-order valence-electron chi connectivity index (χ4n) is 2.07. The van der Waals surface area contributed by atoms with E-state index in [2.05, 4.69) is 19.2 Å². The first kappa shape index (κ1) is 15.4. The highest BCUT2D eigenvalue weighted by atomic mass is 35.5. The Kier molecular flexibility index (Phi) is 5.89. The van der Waals surface area contributed by atoms with E-state index >= 15 is 0 Å². The van der Waals surface area contributed by atoms with E-state index in [0.717, 1.165) is 49.3 Å². The average molecular weight is 296 g/mol. The molecule has 0 saturated heterocycles. The summed E-state index contributed by atoms with van der Waals surface area (Å²) >= 11 is 6.13. The zero-order valence-electron chi connectivity index (χ0n) is 12.1. The molecule has 3 nitrogen and oxygen atoms in total. The van der Waals surface area contributed by atoms with Crippen LogP contribution in [-0.4, -0.2) is 19.8 Å². The van der Waals surface area contributed by atoms with Crippen LogP contribution in [0, 0.1) is 5.92 Å². The molecule has 0 fully saturated rings. The van der Waals surface area contributed by atoms with Crippen LogP contribution in [0.15, 0.2) is 28.7 Å². The van der Waals surface area contributed by atoms with Gasteiger partial charge in [0.15, 0.2) is 5.22 Å². The molecule has 0 bridgehead atoms. The molecule has 1 aromatic carbocycles. The topological polar surface area (TPSA) is 34.4 Å². The summed E-state index contributed by atoms with van der Waals surface area (Å²) in [4.78, 5) is 0. The van der Waals surface area contributed by atoms with Crippen molar-refractivity contribution in [2.24, 2.45) is 5.92 Å². The summed E-state index contributed by atoms with van der Waals surface area (Å²) in [6, 6.07) is 7.92. The van der Waals surface area contributed by atoms with Crippen LogP contribution in [0.3, 0.4) is 0 Å². The molecule has 1 N–H and O–H groups in total. The average Bonchev–Trinajstić information content (AvgIpc) is 2.73. The van der Waals surface area contributed by atoms with E-state index in [9.17, 15) is 0 Å². The van der Waals surface area contributed by atoms with Crippen LogP contribution in [0.2, 0.25) is 5.22 Å². The summed E-state index contributed by atoms with van der Waals surface area (Å²) in [5.74, 6) is 0.596. The van der Waals surface area contributed by atoms with E-state index in [1.54, 1.807) is 0 Å². The van der Waals surface area contributed by atoms with Crippen LogP contribution in [0.5, 0.6) is 0 Å². The minimum atomic E-state index is 0.481. The third-order valence-corrected chi connectivity index (χ3v) is 3.35. The second-order valence-corrected chi connectivity index (χ2v) is 5.69. The first-order chi connectivity index (χ1) is 9.68. The minimum absolute atomic E-state index is 0.481. The Morgan fingerprint density at radius 1 is 1.30 bits per heavy atom. The molecule has 20 heavy (non-hydrogen) atoms. The number of rotatable bonds is 8. The van der Waals surface area contributed by atoms with Crippen LogP contribution in [0.1, 0.15) is 25.8 Å². The molecule has 2 rings (SSSR count). The molecule has 0 amide bonds. The standard InChI is InChI=1S/C16H22ClNO2/c1-12(2)11-19-9-5-8-18-10-14-13-6-3-4-7-15(13)20-16(14)17/h3-4,6-7,12,18H,5,8-11H2,1-2H3. The molecule has 0 atom stereocenters. The summed E-state index contributed by atoms with van der Waals surface area (Å²) in [6.07, 6.45) is 1.00. The molecule has 1 heterocycles. The van der Waals surface area contributed by atoms with Gasteiger partial charge >= 0.3 is 0 Å². The third-order valence-electron chi connectivity index (χ3n) is 3.04. The fourth-order valence-corrected chi connectivity index (χ4v) is 2.32. The molecule has 0 aliphatic rings. The lowest BCUT2D eigenvalue weighted by atomic mass is 10.2. The second-order valence-electron chi connectivity index (χ2n) is 5.35. The Morgan fingerprint density at radius 3 is 2.90 bits per heavy atom. The number of ether oxygens (including phenoxy) is 1. The highest BCUT2D eigenvalue weighted by Crippen LogP contribution is 2.29. The molecule has 0 unspecified atom stereocenters. The van der Waals surface area contributed by atoms with Gasteiger partial charge in [-0.3, -0.25) is 0 Å². The SMILES string of the molecule is CC(C)COCCCNCc1c(Cl)oc2ccccc12. The summed E-state index contributed by atoms with van der Waals surface area (Å²) < 4.78 is 11.1. The minimum Gasteiger partial charge on any atom is -0.444 e. The number of hydrogen-bond acceptors (Lipinski definition) is 3. The largest absolute Gasteiger partial charge is 0.444 e. The fraction of sp³-hybridized carbons (Fsp3) is 0.500. The molecule has 0 spiro atoms. The van der Waals surface area contributed by atoms with Crippen molar-refractivity contribution in [2.45, 2.75) is 26.8 Å². The maximum atomic E-state index is 6.13. The van der Waals surface area contributed by atoms with Crippen molar-refractivity contribution in [1.29, 1.82) is 0 Å². The Morgan fingerprint density at radius 2 is 2.10 bits per heavy atom. The number of furan rings is 1. The molecule has 0 radical (unpaired) electrons. The van der Waals surface area contributed by atoms with Gasteiger partial charge in [0.05, 0.1) is 0 Å². The molecule has 0 aliphatic heterocycles.